The number of halogens is 1. The summed E-state index contributed by atoms with van der Waals surface area (Å²) in [6.07, 6.45) is 4.77. The van der Waals surface area contributed by atoms with Gasteiger partial charge in [-0.25, -0.2) is 0 Å². The van der Waals surface area contributed by atoms with Crippen molar-refractivity contribution in [2.45, 2.75) is 32.6 Å². The van der Waals surface area contributed by atoms with Crippen molar-refractivity contribution < 1.29 is 4.79 Å². The maximum Gasteiger partial charge on any atom is 0.265 e. The van der Waals surface area contributed by atoms with E-state index < -0.39 is 0 Å². The zero-order chi connectivity index (χ0) is 14.8. The van der Waals surface area contributed by atoms with Crippen molar-refractivity contribution >= 4 is 45.5 Å². The number of aryl methyl sites for hydroxylation is 1. The Morgan fingerprint density at radius 1 is 1.43 bits per heavy atom. The van der Waals surface area contributed by atoms with Crippen molar-refractivity contribution in [3.63, 3.8) is 0 Å². The van der Waals surface area contributed by atoms with Gasteiger partial charge in [0.1, 0.15) is 0 Å². The lowest BCUT2D eigenvalue weighted by Crippen LogP contribution is -2.11. The molecule has 0 radical (unpaired) electrons. The van der Waals surface area contributed by atoms with E-state index in [2.05, 4.69) is 40.9 Å². The van der Waals surface area contributed by atoms with Crippen LogP contribution in [0.15, 0.2) is 30.3 Å². The summed E-state index contributed by atoms with van der Waals surface area (Å²) in [7, 11) is 0. The zero-order valence-corrected chi connectivity index (χ0v) is 15.0. The lowest BCUT2D eigenvalue weighted by molar-refractivity contribution is 0.103. The van der Waals surface area contributed by atoms with Crippen LogP contribution >= 0.6 is 33.9 Å². The minimum absolute atomic E-state index is 0.0180. The van der Waals surface area contributed by atoms with Crippen LogP contribution in [-0.2, 0) is 12.8 Å². The number of carbonyl (C=O) groups excluding carboxylic acids is 1. The lowest BCUT2D eigenvalue weighted by Gasteiger charge is -2.19. The predicted octanol–water partition coefficient (Wildman–Crippen LogP) is 5.12. The maximum absolute atomic E-state index is 12.4. The average Bonchev–Trinajstić information content (AvgIpc) is 2.90. The summed E-state index contributed by atoms with van der Waals surface area (Å²) in [4.78, 5) is 14.6. The monoisotopic (exact) mass is 411 g/mol. The fraction of sp³-hybridized carbons (Fsp3) is 0.353. The Balaban J connectivity index is 1.75. The summed E-state index contributed by atoms with van der Waals surface area (Å²) in [5.41, 5.74) is 2.26. The minimum Gasteiger partial charge on any atom is -0.321 e. The molecule has 4 heteroatoms. The third-order valence-electron chi connectivity index (χ3n) is 4.07. The molecule has 0 fully saturated rings. The molecule has 1 aliphatic rings. The molecule has 0 aliphatic heterocycles. The van der Waals surface area contributed by atoms with E-state index in [1.807, 2.05) is 24.3 Å². The van der Waals surface area contributed by atoms with Gasteiger partial charge in [-0.2, -0.15) is 0 Å². The number of hydrogen-bond acceptors (Lipinski definition) is 2. The quantitative estimate of drug-likeness (QED) is 0.698. The summed E-state index contributed by atoms with van der Waals surface area (Å²) in [5.74, 6) is 0.808. The molecule has 1 aliphatic carbocycles. The van der Waals surface area contributed by atoms with E-state index in [9.17, 15) is 4.79 Å². The average molecular weight is 411 g/mol. The van der Waals surface area contributed by atoms with Gasteiger partial charge in [-0.1, -0.05) is 19.4 Å². The van der Waals surface area contributed by atoms with E-state index in [4.69, 9.17) is 0 Å². The standard InChI is InChI=1S/C17H18INOS/c1-2-11-6-7-15-12(8-11)9-16(21-15)17(20)19-14-5-3-4-13(18)10-14/h3-5,9-11H,2,6-8H2,1H3,(H,19,20)/t11-/m0/s1. The molecule has 1 amide bonds. The van der Waals surface area contributed by atoms with Crippen LogP contribution in [0.4, 0.5) is 5.69 Å². The van der Waals surface area contributed by atoms with E-state index in [0.717, 1.165) is 32.9 Å². The van der Waals surface area contributed by atoms with Gasteiger partial charge in [0.15, 0.2) is 0 Å². The number of amides is 1. The fourth-order valence-corrected chi connectivity index (χ4v) is 4.47. The summed E-state index contributed by atoms with van der Waals surface area (Å²) < 4.78 is 1.13. The van der Waals surface area contributed by atoms with E-state index >= 15 is 0 Å². The molecule has 1 N–H and O–H groups in total. The number of fused-ring (bicyclic) bond motifs is 1. The number of hydrogen-bond donors (Lipinski definition) is 1. The molecular formula is C17H18INOS. The van der Waals surface area contributed by atoms with Gasteiger partial charge in [0.05, 0.1) is 4.88 Å². The normalized spacial score (nSPS) is 17.3. The molecule has 1 atom stereocenters. The highest BCUT2D eigenvalue weighted by molar-refractivity contribution is 14.1. The Hall–Kier alpha value is -0.880. The molecule has 0 unspecified atom stereocenters. The first kappa shape index (κ1) is 15.0. The molecular weight excluding hydrogens is 393 g/mol. The zero-order valence-electron chi connectivity index (χ0n) is 12.0. The second-order valence-electron chi connectivity index (χ2n) is 5.54. The van der Waals surface area contributed by atoms with Gasteiger partial charge in [0.2, 0.25) is 0 Å². The summed E-state index contributed by atoms with van der Waals surface area (Å²) in [6, 6.07) is 10.00. The molecule has 110 valence electrons. The van der Waals surface area contributed by atoms with E-state index in [-0.39, 0.29) is 5.91 Å². The van der Waals surface area contributed by atoms with Crippen molar-refractivity contribution in [3.8, 4) is 0 Å². The first-order valence-corrected chi connectivity index (χ1v) is 9.23. The molecule has 21 heavy (non-hydrogen) atoms. The highest BCUT2D eigenvalue weighted by Gasteiger charge is 2.22. The van der Waals surface area contributed by atoms with Crippen LogP contribution in [0.25, 0.3) is 0 Å². The highest BCUT2D eigenvalue weighted by atomic mass is 127. The Kier molecular flexibility index (Phi) is 4.64. The van der Waals surface area contributed by atoms with Crippen LogP contribution in [-0.4, -0.2) is 5.91 Å². The molecule has 3 rings (SSSR count). The number of thiophene rings is 1. The second-order valence-corrected chi connectivity index (χ2v) is 7.92. The third kappa shape index (κ3) is 3.48. The van der Waals surface area contributed by atoms with E-state index in [1.54, 1.807) is 11.3 Å². The first-order chi connectivity index (χ1) is 10.2. The van der Waals surface area contributed by atoms with Gasteiger partial charge >= 0.3 is 0 Å². The molecule has 0 bridgehead atoms. The molecule has 1 aromatic heterocycles. The number of benzene rings is 1. The Morgan fingerprint density at radius 2 is 2.29 bits per heavy atom. The summed E-state index contributed by atoms with van der Waals surface area (Å²) in [5, 5.41) is 3.00. The van der Waals surface area contributed by atoms with Crippen LogP contribution < -0.4 is 5.32 Å². The van der Waals surface area contributed by atoms with Crippen molar-refractivity contribution in [1.29, 1.82) is 0 Å². The summed E-state index contributed by atoms with van der Waals surface area (Å²) >= 11 is 3.92. The number of carbonyl (C=O) groups is 1. The Bertz CT molecular complexity index is 665. The molecule has 1 aromatic carbocycles. The van der Waals surface area contributed by atoms with Crippen LogP contribution in [0.1, 0.15) is 39.9 Å². The molecule has 2 nitrogen and oxygen atoms in total. The molecule has 0 saturated carbocycles. The van der Waals surface area contributed by atoms with Crippen molar-refractivity contribution in [3.05, 3.63) is 49.2 Å². The van der Waals surface area contributed by atoms with Gasteiger partial charge in [-0.3, -0.25) is 4.79 Å². The fourth-order valence-electron chi connectivity index (χ4n) is 2.82. The summed E-state index contributed by atoms with van der Waals surface area (Å²) in [6.45, 7) is 2.26. The topological polar surface area (TPSA) is 29.1 Å². The van der Waals surface area contributed by atoms with Gasteiger partial charge in [-0.05, 0) is 77.6 Å². The van der Waals surface area contributed by atoms with Gasteiger partial charge in [0.25, 0.3) is 5.91 Å². The number of nitrogens with one attached hydrogen (secondary N) is 1. The minimum atomic E-state index is 0.0180. The Morgan fingerprint density at radius 3 is 3.05 bits per heavy atom. The van der Waals surface area contributed by atoms with Gasteiger partial charge in [-0.15, -0.1) is 11.3 Å². The number of rotatable bonds is 3. The smallest absolute Gasteiger partial charge is 0.265 e. The van der Waals surface area contributed by atoms with Crippen LogP contribution in [0.5, 0.6) is 0 Å². The van der Waals surface area contributed by atoms with E-state index in [0.29, 0.717) is 0 Å². The highest BCUT2D eigenvalue weighted by Crippen LogP contribution is 2.33. The second kappa shape index (κ2) is 6.48. The first-order valence-electron chi connectivity index (χ1n) is 7.34. The predicted molar refractivity (Wildman–Crippen MR) is 97.2 cm³/mol. The molecule has 0 saturated heterocycles. The lowest BCUT2D eigenvalue weighted by atomic mass is 9.87. The molecule has 0 spiro atoms. The SMILES string of the molecule is CC[C@H]1CCc2sc(C(=O)Nc3cccc(I)c3)cc2C1. The maximum atomic E-state index is 12.4. The van der Waals surface area contributed by atoms with E-state index in [1.165, 1.54) is 23.3 Å². The third-order valence-corrected chi connectivity index (χ3v) is 5.98. The Labute approximate surface area is 143 Å². The van der Waals surface area contributed by atoms with Crippen LogP contribution in [0, 0.1) is 9.49 Å². The van der Waals surface area contributed by atoms with Crippen molar-refractivity contribution in [2.75, 3.05) is 5.32 Å². The van der Waals surface area contributed by atoms with Crippen molar-refractivity contribution in [2.24, 2.45) is 5.92 Å². The largest absolute Gasteiger partial charge is 0.321 e. The van der Waals surface area contributed by atoms with Crippen LogP contribution in [0.2, 0.25) is 0 Å². The van der Waals surface area contributed by atoms with Gasteiger partial charge < -0.3 is 5.32 Å². The van der Waals surface area contributed by atoms with Crippen molar-refractivity contribution in [1.82, 2.24) is 0 Å². The molecule has 2 aromatic rings. The van der Waals surface area contributed by atoms with Crippen LogP contribution in [0.3, 0.4) is 0 Å². The van der Waals surface area contributed by atoms with Gasteiger partial charge in [0, 0.05) is 14.1 Å². The molecule has 1 heterocycles. The number of anilines is 1.